The zero-order chi connectivity index (χ0) is 19.9. The number of nitrogens with zero attached hydrogens (tertiary/aromatic N) is 1. The molecule has 0 saturated carbocycles. The number of thioether (sulfide) groups is 1. The first kappa shape index (κ1) is 20.0. The third-order valence-electron chi connectivity index (χ3n) is 4.12. The summed E-state index contributed by atoms with van der Waals surface area (Å²) in [6, 6.07) is 8.87. The number of allylic oxidation sites excluding steroid dienone is 2. The van der Waals surface area contributed by atoms with E-state index >= 15 is 0 Å². The highest BCUT2D eigenvalue weighted by atomic mass is 32.2. The molecule has 0 radical (unpaired) electrons. The number of aromatic nitrogens is 2. The molecule has 7 nitrogen and oxygen atoms in total. The average Bonchev–Trinajstić information content (AvgIpc) is 3.15. The van der Waals surface area contributed by atoms with Crippen molar-refractivity contribution in [2.75, 3.05) is 24.3 Å². The average molecular weight is 399 g/mol. The summed E-state index contributed by atoms with van der Waals surface area (Å²) in [5.74, 6) is -0.543. The molecule has 1 amide bonds. The molecule has 0 unspecified atom stereocenters. The first-order valence-electron chi connectivity index (χ1n) is 9.07. The van der Waals surface area contributed by atoms with Crippen molar-refractivity contribution in [2.45, 2.75) is 19.8 Å². The van der Waals surface area contributed by atoms with Gasteiger partial charge in [-0.1, -0.05) is 18.2 Å². The largest absolute Gasteiger partial charge is 0.382 e. The number of carbonyl (C=O) groups is 3. The van der Waals surface area contributed by atoms with Gasteiger partial charge in [0.15, 0.2) is 0 Å². The van der Waals surface area contributed by atoms with Gasteiger partial charge in [0.1, 0.15) is 11.4 Å². The second-order valence-corrected chi connectivity index (χ2v) is 7.23. The summed E-state index contributed by atoms with van der Waals surface area (Å²) in [4.78, 5) is 38.1. The number of hydrogen-bond acceptors (Lipinski definition) is 6. The van der Waals surface area contributed by atoms with Gasteiger partial charge in [-0.05, 0) is 37.7 Å². The molecule has 1 aromatic carbocycles. The Morgan fingerprint density at radius 1 is 1.21 bits per heavy atom. The number of aromatic amines is 1. The molecule has 0 atom stereocenters. The highest BCUT2D eigenvalue weighted by Gasteiger charge is 2.33. The Kier molecular flexibility index (Phi) is 6.78. The number of para-hydroxylation sites is 1. The van der Waals surface area contributed by atoms with E-state index in [9.17, 15) is 14.4 Å². The summed E-state index contributed by atoms with van der Waals surface area (Å²) in [6.45, 7) is 3.31. The van der Waals surface area contributed by atoms with Gasteiger partial charge in [-0.2, -0.15) is 5.10 Å². The SMILES string of the molecule is CCOCCCCSC1=CC(=O)c2n[nH]c(C(=O)Nc3ccccc3)c2C1=O. The quantitative estimate of drug-likeness (QED) is 0.626. The molecule has 2 N–H and O–H groups in total. The lowest BCUT2D eigenvalue weighted by atomic mass is 9.99. The van der Waals surface area contributed by atoms with Crippen LogP contribution in [0.4, 0.5) is 5.69 Å². The molecular weight excluding hydrogens is 378 g/mol. The monoisotopic (exact) mass is 399 g/mol. The Morgan fingerprint density at radius 3 is 2.75 bits per heavy atom. The number of nitrogens with one attached hydrogen (secondary N) is 2. The van der Waals surface area contributed by atoms with Crippen LogP contribution in [0.25, 0.3) is 0 Å². The summed E-state index contributed by atoms with van der Waals surface area (Å²) in [6.07, 6.45) is 3.05. The van der Waals surface area contributed by atoms with E-state index in [0.717, 1.165) is 12.8 Å². The zero-order valence-electron chi connectivity index (χ0n) is 15.5. The van der Waals surface area contributed by atoms with Crippen LogP contribution in [0.15, 0.2) is 41.3 Å². The second kappa shape index (κ2) is 9.48. The van der Waals surface area contributed by atoms with E-state index in [2.05, 4.69) is 15.5 Å². The number of H-pyrrole nitrogens is 1. The van der Waals surface area contributed by atoms with Crippen molar-refractivity contribution >= 4 is 34.9 Å². The van der Waals surface area contributed by atoms with E-state index in [1.807, 2.05) is 13.0 Å². The van der Waals surface area contributed by atoms with Crippen LogP contribution in [-0.4, -0.2) is 46.6 Å². The van der Waals surface area contributed by atoms with E-state index in [0.29, 0.717) is 29.6 Å². The molecule has 3 rings (SSSR count). The van der Waals surface area contributed by atoms with Crippen LogP contribution >= 0.6 is 11.8 Å². The lowest BCUT2D eigenvalue weighted by molar-refractivity contribution is 0.0979. The van der Waals surface area contributed by atoms with Crippen LogP contribution in [0.2, 0.25) is 0 Å². The molecule has 0 aliphatic heterocycles. The number of rotatable bonds is 9. The molecule has 8 heteroatoms. The van der Waals surface area contributed by atoms with Crippen LogP contribution in [0.5, 0.6) is 0 Å². The molecule has 1 aromatic heterocycles. The molecule has 0 fully saturated rings. The number of anilines is 1. The van der Waals surface area contributed by atoms with Gasteiger partial charge >= 0.3 is 0 Å². The normalized spacial score (nSPS) is 13.2. The highest BCUT2D eigenvalue weighted by molar-refractivity contribution is 8.04. The van der Waals surface area contributed by atoms with Gasteiger partial charge in [0.2, 0.25) is 11.6 Å². The van der Waals surface area contributed by atoms with Gasteiger partial charge in [0, 0.05) is 25.0 Å². The summed E-state index contributed by atoms with van der Waals surface area (Å²) >= 11 is 1.32. The van der Waals surface area contributed by atoms with Gasteiger partial charge in [-0.3, -0.25) is 19.5 Å². The lowest BCUT2D eigenvalue weighted by Gasteiger charge is -2.12. The summed E-state index contributed by atoms with van der Waals surface area (Å²) in [5, 5.41) is 9.14. The van der Waals surface area contributed by atoms with E-state index in [1.54, 1.807) is 24.3 Å². The molecule has 2 aromatic rings. The number of fused-ring (bicyclic) bond motifs is 1. The fourth-order valence-corrected chi connectivity index (χ4v) is 3.73. The van der Waals surface area contributed by atoms with Crippen LogP contribution in [0.3, 0.4) is 0 Å². The Bertz CT molecular complexity index is 905. The van der Waals surface area contributed by atoms with E-state index in [1.165, 1.54) is 17.8 Å². The molecule has 0 bridgehead atoms. The third-order valence-corrected chi connectivity index (χ3v) is 5.22. The van der Waals surface area contributed by atoms with Crippen LogP contribution < -0.4 is 5.32 Å². The van der Waals surface area contributed by atoms with Crippen LogP contribution in [0, 0.1) is 0 Å². The molecule has 28 heavy (non-hydrogen) atoms. The number of hydrogen-bond donors (Lipinski definition) is 2. The Morgan fingerprint density at radius 2 is 2.00 bits per heavy atom. The fraction of sp³-hybridized carbons (Fsp3) is 0.300. The standard InChI is InChI=1S/C20H21N3O4S/c1-2-27-10-6-7-11-28-15-12-14(24)17-16(19(15)25)18(23-22-17)20(26)21-13-8-4-3-5-9-13/h3-5,8-9,12H,2,6-7,10-11H2,1H3,(H,21,26)(H,22,23). The zero-order valence-corrected chi connectivity index (χ0v) is 16.3. The Balaban J connectivity index is 1.69. The van der Waals surface area contributed by atoms with Crippen molar-refractivity contribution in [2.24, 2.45) is 0 Å². The van der Waals surface area contributed by atoms with E-state index in [-0.39, 0.29) is 28.5 Å². The van der Waals surface area contributed by atoms with Gasteiger partial charge < -0.3 is 10.1 Å². The molecule has 146 valence electrons. The summed E-state index contributed by atoms with van der Waals surface area (Å²) in [7, 11) is 0. The first-order valence-corrected chi connectivity index (χ1v) is 10.1. The lowest BCUT2D eigenvalue weighted by Crippen LogP contribution is -2.20. The van der Waals surface area contributed by atoms with Gasteiger partial charge in [-0.15, -0.1) is 11.8 Å². The topological polar surface area (TPSA) is 101 Å². The number of benzene rings is 1. The maximum atomic E-state index is 12.9. The van der Waals surface area contributed by atoms with Crippen molar-refractivity contribution in [1.82, 2.24) is 10.2 Å². The van der Waals surface area contributed by atoms with Crippen molar-refractivity contribution in [3.63, 3.8) is 0 Å². The fourth-order valence-electron chi connectivity index (χ4n) is 2.74. The third kappa shape index (κ3) is 4.58. The smallest absolute Gasteiger partial charge is 0.274 e. The van der Waals surface area contributed by atoms with Crippen molar-refractivity contribution in [1.29, 1.82) is 0 Å². The minimum Gasteiger partial charge on any atom is -0.382 e. The Labute approximate surface area is 166 Å². The first-order chi connectivity index (χ1) is 13.6. The second-order valence-electron chi connectivity index (χ2n) is 6.10. The highest BCUT2D eigenvalue weighted by Crippen LogP contribution is 2.30. The number of ketones is 2. The molecule has 1 heterocycles. The predicted octanol–water partition coefficient (Wildman–Crippen LogP) is 3.47. The molecule has 0 saturated heterocycles. The van der Waals surface area contributed by atoms with Gasteiger partial charge in [0.25, 0.3) is 5.91 Å². The number of unbranched alkanes of at least 4 members (excludes halogenated alkanes) is 1. The minimum atomic E-state index is -0.510. The number of amides is 1. The van der Waals surface area contributed by atoms with E-state index < -0.39 is 5.91 Å². The summed E-state index contributed by atoms with van der Waals surface area (Å²) in [5.41, 5.74) is 0.617. The maximum Gasteiger partial charge on any atom is 0.274 e. The number of carbonyl (C=O) groups excluding carboxylic acids is 3. The number of ether oxygens (including phenoxy) is 1. The van der Waals surface area contributed by atoms with Crippen molar-refractivity contribution in [3.8, 4) is 0 Å². The van der Waals surface area contributed by atoms with Crippen LogP contribution in [0.1, 0.15) is 51.1 Å². The van der Waals surface area contributed by atoms with Crippen molar-refractivity contribution < 1.29 is 19.1 Å². The predicted molar refractivity (Wildman–Crippen MR) is 108 cm³/mol. The maximum absolute atomic E-state index is 12.9. The van der Waals surface area contributed by atoms with Gasteiger partial charge in [0.05, 0.1) is 10.5 Å². The molecule has 1 aliphatic rings. The van der Waals surface area contributed by atoms with E-state index in [4.69, 9.17) is 4.74 Å². The molecular formula is C20H21N3O4S. The Hall–Kier alpha value is -2.71. The molecule has 1 aliphatic carbocycles. The number of Topliss-reactive ketones (excluding diaryl/α,β-unsaturated/α-hetero) is 1. The summed E-state index contributed by atoms with van der Waals surface area (Å²) < 4.78 is 5.29. The minimum absolute atomic E-state index is 0.000233. The van der Waals surface area contributed by atoms with Gasteiger partial charge in [-0.25, -0.2) is 0 Å². The van der Waals surface area contributed by atoms with Crippen LogP contribution in [-0.2, 0) is 4.74 Å². The molecule has 0 spiro atoms. The van der Waals surface area contributed by atoms with Crippen molar-refractivity contribution in [3.05, 3.63) is 58.3 Å².